The Morgan fingerprint density at radius 2 is 1.73 bits per heavy atom. The van der Waals surface area contributed by atoms with Gasteiger partial charge < -0.3 is 38.0 Å². The van der Waals surface area contributed by atoms with Gasteiger partial charge in [-0.1, -0.05) is 37.4 Å². The Kier molecular flexibility index (Phi) is 4.91. The second kappa shape index (κ2) is 6.99. The molecule has 2 heterocycles. The molecule has 0 fully saturated rings. The van der Waals surface area contributed by atoms with Crippen LogP contribution in [0.5, 0.6) is 5.75 Å². The molecule has 1 aromatic heterocycles. The molecular formula is C21H19IN2O2. The van der Waals surface area contributed by atoms with E-state index < -0.39 is 0 Å². The van der Waals surface area contributed by atoms with E-state index in [0.29, 0.717) is 0 Å². The van der Waals surface area contributed by atoms with Crippen molar-refractivity contribution in [3.8, 4) is 5.75 Å². The van der Waals surface area contributed by atoms with E-state index in [0.717, 1.165) is 45.4 Å². The van der Waals surface area contributed by atoms with Gasteiger partial charge >= 0.3 is 5.89 Å². The second-order valence-electron chi connectivity index (χ2n) is 6.01. The van der Waals surface area contributed by atoms with Gasteiger partial charge in [-0.05, 0) is 29.3 Å². The van der Waals surface area contributed by atoms with E-state index in [2.05, 4.69) is 25.3 Å². The van der Waals surface area contributed by atoms with Gasteiger partial charge in [0, 0.05) is 13.1 Å². The number of aryl methyl sites for hydroxylation is 1. The molecule has 5 heteroatoms. The number of benzene rings is 2. The molecule has 4 nitrogen and oxygen atoms in total. The summed E-state index contributed by atoms with van der Waals surface area (Å²) in [5.41, 5.74) is 4.96. The number of oxazole rings is 1. The molecule has 0 bridgehead atoms. The number of hydrogen-bond donors (Lipinski definition) is 0. The number of aromatic nitrogens is 1. The number of ether oxygens (including phenoxy) is 1. The van der Waals surface area contributed by atoms with Crippen LogP contribution < -0.4 is 38.2 Å². The number of hydrogen-bond acceptors (Lipinski definition) is 3. The Labute approximate surface area is 169 Å². The highest BCUT2D eigenvalue weighted by molar-refractivity contribution is 5.75. The zero-order valence-electron chi connectivity index (χ0n) is 14.7. The molecule has 132 valence electrons. The second-order valence-corrected chi connectivity index (χ2v) is 6.01. The van der Waals surface area contributed by atoms with Crippen molar-refractivity contribution in [2.24, 2.45) is 7.05 Å². The van der Waals surface area contributed by atoms with Gasteiger partial charge in [-0.3, -0.25) is 0 Å². The minimum absolute atomic E-state index is 0. The average Bonchev–Trinajstić information content (AvgIpc) is 3.12. The molecule has 0 spiro atoms. The summed E-state index contributed by atoms with van der Waals surface area (Å²) < 4.78 is 14.0. The lowest BCUT2D eigenvalue weighted by Gasteiger charge is -2.10. The number of nitrogens with zero attached hydrogens (tertiary/aromatic N) is 2. The molecule has 0 saturated heterocycles. The molecule has 0 saturated carbocycles. The van der Waals surface area contributed by atoms with Crippen LogP contribution >= 0.6 is 0 Å². The molecule has 1 aliphatic rings. The summed E-state index contributed by atoms with van der Waals surface area (Å²) in [4.78, 5) is 2.00. The van der Waals surface area contributed by atoms with Crippen LogP contribution in [0.25, 0.3) is 29.3 Å². The first-order valence-electron chi connectivity index (χ1n) is 8.05. The lowest BCUT2D eigenvalue weighted by Crippen LogP contribution is -3.00. The van der Waals surface area contributed by atoms with Gasteiger partial charge in [0.05, 0.1) is 5.69 Å². The van der Waals surface area contributed by atoms with Crippen molar-refractivity contribution in [1.82, 2.24) is 0 Å². The fourth-order valence-corrected chi connectivity index (χ4v) is 2.98. The zero-order valence-corrected chi connectivity index (χ0v) is 16.9. The molecule has 2 aromatic carbocycles. The fraction of sp³-hybridized carbons (Fsp3) is 0.0952. The third kappa shape index (κ3) is 2.92. The van der Waals surface area contributed by atoms with Crippen molar-refractivity contribution in [1.29, 1.82) is 0 Å². The van der Waals surface area contributed by atoms with E-state index in [1.807, 2.05) is 66.1 Å². The number of halogens is 1. The topological polar surface area (TPSA) is 29.5 Å². The van der Waals surface area contributed by atoms with Crippen LogP contribution in [-0.4, -0.2) is 7.05 Å². The van der Waals surface area contributed by atoms with Gasteiger partial charge in [-0.2, -0.15) is 4.57 Å². The molecule has 3 aromatic rings. The van der Waals surface area contributed by atoms with Crippen LogP contribution in [-0.2, 0) is 7.05 Å². The molecule has 26 heavy (non-hydrogen) atoms. The van der Waals surface area contributed by atoms with Gasteiger partial charge in [0.2, 0.25) is 11.5 Å². The van der Waals surface area contributed by atoms with Crippen LogP contribution in [0.2, 0.25) is 0 Å². The van der Waals surface area contributed by atoms with Crippen molar-refractivity contribution in [2.75, 3.05) is 11.9 Å². The van der Waals surface area contributed by atoms with E-state index in [-0.39, 0.29) is 24.0 Å². The predicted molar refractivity (Wildman–Crippen MR) is 101 cm³/mol. The fourth-order valence-electron chi connectivity index (χ4n) is 2.98. The maximum Gasteiger partial charge on any atom is 0.379 e. The monoisotopic (exact) mass is 458 g/mol. The Morgan fingerprint density at radius 3 is 2.46 bits per heavy atom. The Bertz CT molecular complexity index is 1050. The Morgan fingerprint density at radius 1 is 1.04 bits per heavy atom. The summed E-state index contributed by atoms with van der Waals surface area (Å²) in [5, 5.41) is 0. The lowest BCUT2D eigenvalue weighted by atomic mass is 10.2. The third-order valence-corrected chi connectivity index (χ3v) is 4.50. The van der Waals surface area contributed by atoms with Gasteiger partial charge in [-0.15, -0.1) is 0 Å². The number of rotatable bonds is 3. The maximum atomic E-state index is 5.98. The standard InChI is InChI=1S/C21H19N2O2.HI/c1-5-14-7-9-18-16(11-14)22(3)20(24-18)13-21-23(4)17-12-15(6-2)8-10-19(17)25-21;/h5-13H,1-2H2,3-4H3;1H/q+1;/p-1. The molecule has 1 aliphatic heterocycles. The van der Waals surface area contributed by atoms with Crippen LogP contribution in [0.1, 0.15) is 17.0 Å². The molecule has 0 unspecified atom stereocenters. The Hall–Kier alpha value is -2.54. The van der Waals surface area contributed by atoms with Gasteiger partial charge in [0.15, 0.2) is 5.75 Å². The van der Waals surface area contributed by atoms with Crippen molar-refractivity contribution in [3.63, 3.8) is 0 Å². The zero-order chi connectivity index (χ0) is 17.6. The van der Waals surface area contributed by atoms with Crippen molar-refractivity contribution in [3.05, 3.63) is 72.5 Å². The summed E-state index contributed by atoms with van der Waals surface area (Å²) in [6.45, 7) is 7.64. The highest BCUT2D eigenvalue weighted by atomic mass is 127. The van der Waals surface area contributed by atoms with Crippen LogP contribution in [0.15, 0.2) is 59.9 Å². The highest BCUT2D eigenvalue weighted by Crippen LogP contribution is 2.39. The quantitative estimate of drug-likeness (QED) is 0.439. The summed E-state index contributed by atoms with van der Waals surface area (Å²) in [7, 11) is 3.95. The largest absolute Gasteiger partial charge is 1.00 e. The van der Waals surface area contributed by atoms with Crippen molar-refractivity contribution in [2.45, 2.75) is 0 Å². The van der Waals surface area contributed by atoms with E-state index in [1.54, 1.807) is 0 Å². The normalized spacial score (nSPS) is 14.1. The summed E-state index contributed by atoms with van der Waals surface area (Å²) >= 11 is 0. The van der Waals surface area contributed by atoms with Gasteiger partial charge in [-0.25, -0.2) is 0 Å². The van der Waals surface area contributed by atoms with E-state index in [4.69, 9.17) is 9.15 Å². The number of fused-ring (bicyclic) bond motifs is 2. The molecule has 0 amide bonds. The summed E-state index contributed by atoms with van der Waals surface area (Å²) in [6, 6.07) is 12.0. The molecule has 0 N–H and O–H groups in total. The summed E-state index contributed by atoms with van der Waals surface area (Å²) in [5.74, 6) is 2.26. The molecule has 4 rings (SSSR count). The first-order valence-corrected chi connectivity index (χ1v) is 8.05. The Balaban J connectivity index is 0.00000196. The maximum absolute atomic E-state index is 5.98. The van der Waals surface area contributed by atoms with Crippen LogP contribution in [0, 0.1) is 0 Å². The lowest BCUT2D eigenvalue weighted by molar-refractivity contribution is -0.652. The van der Waals surface area contributed by atoms with E-state index in [1.165, 1.54) is 0 Å². The first-order chi connectivity index (χ1) is 12.1. The number of anilines is 1. The average molecular weight is 458 g/mol. The first kappa shape index (κ1) is 18.3. The third-order valence-electron chi connectivity index (χ3n) is 4.50. The predicted octanol–water partition coefficient (Wildman–Crippen LogP) is 1.37. The smallest absolute Gasteiger partial charge is 0.379 e. The molecular weight excluding hydrogens is 439 g/mol. The summed E-state index contributed by atoms with van der Waals surface area (Å²) in [6.07, 6.45) is 5.56. The molecule has 0 aliphatic carbocycles. The van der Waals surface area contributed by atoms with Crippen molar-refractivity contribution < 1.29 is 37.7 Å². The van der Waals surface area contributed by atoms with E-state index >= 15 is 0 Å². The van der Waals surface area contributed by atoms with Gasteiger partial charge in [0.1, 0.15) is 13.1 Å². The minimum Gasteiger partial charge on any atom is -1.00 e. The molecule has 0 atom stereocenters. The van der Waals surface area contributed by atoms with Crippen LogP contribution in [0.4, 0.5) is 5.69 Å². The van der Waals surface area contributed by atoms with Crippen LogP contribution in [0.3, 0.4) is 0 Å². The molecule has 0 radical (unpaired) electrons. The highest BCUT2D eigenvalue weighted by Gasteiger charge is 2.26. The SMILES string of the molecule is C=Cc1ccc2c(c1)N(C)/C(=C\c1oc3ccc(C=C)cc3[n+]1C)O2.[I-]. The van der Waals surface area contributed by atoms with Gasteiger partial charge in [0.25, 0.3) is 5.52 Å². The van der Waals surface area contributed by atoms with Crippen molar-refractivity contribution >= 4 is 35.0 Å². The minimum atomic E-state index is 0. The van der Waals surface area contributed by atoms with E-state index in [9.17, 15) is 0 Å².